The summed E-state index contributed by atoms with van der Waals surface area (Å²) in [5.74, 6) is -4.08. The molecule has 0 spiro atoms. The molecule has 7 nitrogen and oxygen atoms in total. The lowest BCUT2D eigenvalue weighted by Crippen LogP contribution is -2.65. The number of H-pyrrole nitrogens is 1. The lowest BCUT2D eigenvalue weighted by Gasteiger charge is -2.46. The standard InChI is InChI=1S/C22H15F7N6O/c23-17-7-6-14(11-15(17)21(24,25)26)35(19(30)36)20(22(27,28)29)9-8-13(12-4-2-1-3-5-12)10-16(20)18-31-33-34-32-18/h1-11,16H,(H2,30,36)(H,31,32,33,34). The number of nitrogens with one attached hydrogen (secondary N) is 1. The van der Waals surface area contributed by atoms with E-state index in [-0.39, 0.29) is 16.5 Å². The number of hydrogen-bond acceptors (Lipinski definition) is 4. The summed E-state index contributed by atoms with van der Waals surface area (Å²) in [5.41, 5.74) is -0.0690. The number of carbonyl (C=O) groups excluding carboxylic acids is 1. The first-order valence-corrected chi connectivity index (χ1v) is 10.1. The number of nitrogens with two attached hydrogens (primary N) is 1. The number of rotatable bonds is 4. The molecule has 1 aliphatic carbocycles. The Morgan fingerprint density at radius 2 is 1.75 bits per heavy atom. The Kier molecular flexibility index (Phi) is 6.06. The molecule has 2 atom stereocenters. The molecule has 188 valence electrons. The summed E-state index contributed by atoms with van der Waals surface area (Å²) in [5, 5.41) is 12.4. The van der Waals surface area contributed by atoms with Crippen LogP contribution in [0, 0.1) is 5.82 Å². The predicted octanol–water partition coefficient (Wildman–Crippen LogP) is 4.98. The second kappa shape index (κ2) is 8.77. The van der Waals surface area contributed by atoms with E-state index in [9.17, 15) is 35.5 Å². The molecule has 0 saturated carbocycles. The van der Waals surface area contributed by atoms with Crippen LogP contribution in [0.15, 0.2) is 66.8 Å². The van der Waals surface area contributed by atoms with Gasteiger partial charge in [0, 0.05) is 5.69 Å². The zero-order valence-electron chi connectivity index (χ0n) is 17.8. The average molecular weight is 512 g/mol. The van der Waals surface area contributed by atoms with E-state index < -0.39 is 52.7 Å². The fourth-order valence-corrected chi connectivity index (χ4v) is 4.10. The zero-order valence-corrected chi connectivity index (χ0v) is 17.8. The van der Waals surface area contributed by atoms with Crippen molar-refractivity contribution in [1.82, 2.24) is 20.6 Å². The number of alkyl halides is 6. The van der Waals surface area contributed by atoms with Crippen molar-refractivity contribution in [3.05, 3.63) is 89.5 Å². The van der Waals surface area contributed by atoms with Crippen LogP contribution in [0.1, 0.15) is 22.9 Å². The van der Waals surface area contributed by atoms with Gasteiger partial charge in [0.05, 0.1) is 11.5 Å². The first-order chi connectivity index (χ1) is 16.9. The number of allylic oxidation sites excluding steroid dienone is 2. The number of hydrogen-bond donors (Lipinski definition) is 2. The highest BCUT2D eigenvalue weighted by atomic mass is 19.4. The van der Waals surface area contributed by atoms with Crippen molar-refractivity contribution in [1.29, 1.82) is 0 Å². The van der Waals surface area contributed by atoms with E-state index in [4.69, 9.17) is 5.73 Å². The summed E-state index contributed by atoms with van der Waals surface area (Å²) in [6.07, 6.45) is -7.81. The number of aromatic nitrogens is 4. The van der Waals surface area contributed by atoms with Gasteiger partial charge in [-0.05, 0) is 45.8 Å². The van der Waals surface area contributed by atoms with Gasteiger partial charge in [0.15, 0.2) is 11.4 Å². The van der Waals surface area contributed by atoms with E-state index in [2.05, 4.69) is 20.6 Å². The van der Waals surface area contributed by atoms with Crippen molar-refractivity contribution in [3.63, 3.8) is 0 Å². The van der Waals surface area contributed by atoms with Gasteiger partial charge in [-0.15, -0.1) is 5.10 Å². The molecule has 36 heavy (non-hydrogen) atoms. The second-order valence-corrected chi connectivity index (χ2v) is 7.74. The first kappa shape index (κ1) is 24.9. The largest absolute Gasteiger partial charge is 0.419 e. The molecule has 1 aliphatic rings. The Bertz CT molecular complexity index is 1320. The summed E-state index contributed by atoms with van der Waals surface area (Å²) in [6, 6.07) is 7.47. The lowest BCUT2D eigenvalue weighted by molar-refractivity contribution is -0.174. The number of nitrogens with zero attached hydrogens (tertiary/aromatic N) is 4. The van der Waals surface area contributed by atoms with E-state index in [1.165, 1.54) is 0 Å². The molecule has 4 rings (SSSR count). The monoisotopic (exact) mass is 512 g/mol. The molecule has 3 aromatic rings. The maximum absolute atomic E-state index is 15.0. The smallest absolute Gasteiger partial charge is 0.351 e. The molecule has 3 N–H and O–H groups in total. The Morgan fingerprint density at radius 3 is 2.31 bits per heavy atom. The summed E-state index contributed by atoms with van der Waals surface area (Å²) in [7, 11) is 0. The van der Waals surface area contributed by atoms with Crippen LogP contribution in [0.25, 0.3) is 5.57 Å². The van der Waals surface area contributed by atoms with Gasteiger partial charge in [0.1, 0.15) is 5.82 Å². The molecular formula is C22H15F7N6O. The van der Waals surface area contributed by atoms with Crippen molar-refractivity contribution in [2.45, 2.75) is 23.8 Å². The van der Waals surface area contributed by atoms with Crippen molar-refractivity contribution in [3.8, 4) is 0 Å². The fraction of sp³-hybridized carbons (Fsp3) is 0.182. The minimum absolute atomic E-state index is 0.0658. The Labute approximate surface area is 198 Å². The number of aromatic amines is 1. The molecule has 1 aromatic heterocycles. The molecular weight excluding hydrogens is 497 g/mol. The van der Waals surface area contributed by atoms with Crippen molar-refractivity contribution in [2.75, 3.05) is 4.90 Å². The van der Waals surface area contributed by atoms with E-state index in [0.717, 1.165) is 12.2 Å². The maximum atomic E-state index is 15.0. The third-order valence-corrected chi connectivity index (χ3v) is 5.66. The Balaban J connectivity index is 2.00. The number of tetrazole rings is 1. The molecule has 14 heteroatoms. The minimum atomic E-state index is -5.33. The van der Waals surface area contributed by atoms with Gasteiger partial charge < -0.3 is 5.73 Å². The second-order valence-electron chi connectivity index (χ2n) is 7.74. The van der Waals surface area contributed by atoms with Crippen LogP contribution in [-0.4, -0.2) is 38.4 Å². The molecule has 2 unspecified atom stereocenters. The predicted molar refractivity (Wildman–Crippen MR) is 113 cm³/mol. The molecule has 0 fully saturated rings. The van der Waals surface area contributed by atoms with Crippen molar-refractivity contribution < 1.29 is 35.5 Å². The Hall–Kier alpha value is -4.23. The van der Waals surface area contributed by atoms with Crippen LogP contribution >= 0.6 is 0 Å². The van der Waals surface area contributed by atoms with Crippen LogP contribution < -0.4 is 10.6 Å². The molecule has 1 heterocycles. The average Bonchev–Trinajstić information content (AvgIpc) is 3.34. The number of urea groups is 1. The van der Waals surface area contributed by atoms with Gasteiger partial charge in [-0.1, -0.05) is 42.5 Å². The SMILES string of the molecule is NC(=O)N(c1ccc(F)c(C(F)(F)F)c1)C1(C(F)(F)F)C=CC(c2ccccc2)=CC1c1nnn[nH]1. The third-order valence-electron chi connectivity index (χ3n) is 5.66. The number of anilines is 1. The summed E-state index contributed by atoms with van der Waals surface area (Å²) in [4.78, 5) is 12.5. The molecule has 2 amide bonds. The maximum Gasteiger partial charge on any atom is 0.419 e. The van der Waals surface area contributed by atoms with Crippen LogP contribution in [0.3, 0.4) is 0 Å². The van der Waals surface area contributed by atoms with Gasteiger partial charge >= 0.3 is 18.4 Å². The summed E-state index contributed by atoms with van der Waals surface area (Å²) in [6.45, 7) is 0. The number of primary amides is 1. The molecule has 0 saturated heterocycles. The summed E-state index contributed by atoms with van der Waals surface area (Å²) >= 11 is 0. The summed E-state index contributed by atoms with van der Waals surface area (Å²) < 4.78 is 98.9. The lowest BCUT2D eigenvalue weighted by atomic mass is 9.74. The first-order valence-electron chi connectivity index (χ1n) is 10.1. The van der Waals surface area contributed by atoms with Gasteiger partial charge in [0.25, 0.3) is 0 Å². The van der Waals surface area contributed by atoms with Crippen LogP contribution in [0.5, 0.6) is 0 Å². The van der Waals surface area contributed by atoms with Gasteiger partial charge in [0.2, 0.25) is 0 Å². The number of benzene rings is 2. The van der Waals surface area contributed by atoms with Crippen LogP contribution in [0.2, 0.25) is 0 Å². The van der Waals surface area contributed by atoms with Gasteiger partial charge in [-0.3, -0.25) is 4.90 Å². The van der Waals surface area contributed by atoms with Crippen molar-refractivity contribution in [2.24, 2.45) is 5.73 Å². The molecule has 0 aliphatic heterocycles. The molecule has 2 aromatic carbocycles. The van der Waals surface area contributed by atoms with Gasteiger partial charge in [-0.2, -0.15) is 26.3 Å². The molecule has 0 radical (unpaired) electrons. The zero-order chi connectivity index (χ0) is 26.3. The highest BCUT2D eigenvalue weighted by molar-refractivity contribution is 5.94. The highest BCUT2D eigenvalue weighted by Gasteiger charge is 2.65. The van der Waals surface area contributed by atoms with Gasteiger partial charge in [-0.25, -0.2) is 14.3 Å². The van der Waals surface area contributed by atoms with Crippen molar-refractivity contribution >= 4 is 17.3 Å². The highest BCUT2D eigenvalue weighted by Crippen LogP contribution is 2.51. The number of carbonyl (C=O) groups is 1. The molecule has 0 bridgehead atoms. The third kappa shape index (κ3) is 4.18. The topological polar surface area (TPSA) is 101 Å². The minimum Gasteiger partial charge on any atom is -0.351 e. The quantitative estimate of drug-likeness (QED) is 0.482. The Morgan fingerprint density at radius 1 is 1.06 bits per heavy atom. The van der Waals surface area contributed by atoms with E-state index in [1.807, 2.05) is 0 Å². The van der Waals surface area contributed by atoms with Crippen LogP contribution in [-0.2, 0) is 6.18 Å². The number of amides is 2. The fourth-order valence-electron chi connectivity index (χ4n) is 4.10. The van der Waals surface area contributed by atoms with Crippen LogP contribution in [0.4, 0.5) is 41.2 Å². The van der Waals surface area contributed by atoms with E-state index in [0.29, 0.717) is 23.8 Å². The van der Waals surface area contributed by atoms with E-state index >= 15 is 0 Å². The normalized spacial score (nSPS) is 20.2. The number of halogens is 7. The van der Waals surface area contributed by atoms with E-state index in [1.54, 1.807) is 30.3 Å².